The number of oxime groups is 1. The molecule has 15 heteroatoms. The van der Waals surface area contributed by atoms with Gasteiger partial charge in [0.2, 0.25) is 6.10 Å². The van der Waals surface area contributed by atoms with Crippen LogP contribution in [0.25, 0.3) is 0 Å². The summed E-state index contributed by atoms with van der Waals surface area (Å²) in [5.41, 5.74) is 5.39. The first-order valence-corrected chi connectivity index (χ1v) is 28.6. The Labute approximate surface area is 482 Å². The third-order valence-corrected chi connectivity index (χ3v) is 16.4. The van der Waals surface area contributed by atoms with Crippen molar-refractivity contribution in [2.24, 2.45) is 5.16 Å². The third-order valence-electron chi connectivity index (χ3n) is 14.0. The highest BCUT2D eigenvalue weighted by atomic mass is 35.5. The number of hydrogen-bond acceptors (Lipinski definition) is 12. The minimum absolute atomic E-state index is 0.0285. The summed E-state index contributed by atoms with van der Waals surface area (Å²) >= 11 is 9.09. The number of esters is 2. The lowest BCUT2D eigenvalue weighted by molar-refractivity contribution is -0.162. The molecule has 0 spiro atoms. The number of halogens is 1. The number of hydrogen-bond donors (Lipinski definition) is 2. The third kappa shape index (κ3) is 11.5. The number of nitrogens with one attached hydrogen (secondary N) is 2. The van der Waals surface area contributed by atoms with Gasteiger partial charge in [-0.1, -0.05) is 248 Å². The standard InChI is InChI=1S/C66H52ClN5O7S2/c67-41-49-42-80-62-55(61(74)72(62)56(49)63(75)77-57(44-25-9-1-10-26-44)45-27-11-2-12-28-45)69-60(73)54(71-79-59(48-33-17-5-18-34-48)64(76)78-58(46-29-13-3-14-30-46)47-31-15-4-16-32-47)53-43-81-65(68-53)70-66(50-35-19-6-20-36-50,51-37-21-7-22-38-51)52-39-23-8-24-40-52/h1-40,43,55,57-59,62H,41-42H2,(H,68,70)(H,69,73)/t55-,59?,62-/m1/s1. The Balaban J connectivity index is 0.943. The second-order valence-corrected chi connectivity index (χ2v) is 21.3. The Bertz CT molecular complexity index is 3500. The average molecular weight is 1130 g/mol. The van der Waals surface area contributed by atoms with Crippen LogP contribution in [-0.4, -0.2) is 62.4 Å². The molecule has 1 saturated heterocycles. The van der Waals surface area contributed by atoms with Crippen molar-refractivity contribution in [2.45, 2.75) is 35.3 Å². The molecule has 0 bridgehead atoms. The van der Waals surface area contributed by atoms with Gasteiger partial charge < -0.3 is 24.9 Å². The number of thioether (sulfide) groups is 1. The van der Waals surface area contributed by atoms with Crippen LogP contribution in [0.15, 0.2) is 264 Å². The van der Waals surface area contributed by atoms with Crippen molar-refractivity contribution in [1.82, 2.24) is 15.2 Å². The summed E-state index contributed by atoms with van der Waals surface area (Å²) in [6.45, 7) is 0. The van der Waals surface area contributed by atoms with E-state index in [0.29, 0.717) is 16.3 Å². The normalized spacial score (nSPS) is 15.5. The SMILES string of the molecule is O=C(N[C@@H]1C(=O)N2C(C(=O)OC(c3ccccc3)c3ccccc3)=C(CCl)CS[C@H]12)C(=NOC(C(=O)OC(c1ccccc1)c1ccccc1)c1ccccc1)c1csc(NC(c2ccccc2)(c2ccccc2)c2ccccc2)n1. The monoisotopic (exact) mass is 1130 g/mol. The van der Waals surface area contributed by atoms with Crippen molar-refractivity contribution in [1.29, 1.82) is 0 Å². The minimum Gasteiger partial charge on any atom is -0.449 e. The number of β-lactam (4-membered cyclic amide) rings is 1. The molecule has 1 aromatic heterocycles. The van der Waals surface area contributed by atoms with E-state index in [4.69, 9.17) is 30.9 Å². The number of nitrogens with zero attached hydrogens (tertiary/aromatic N) is 3. The van der Waals surface area contributed by atoms with E-state index in [0.717, 1.165) is 38.9 Å². The number of carbonyl (C=O) groups excluding carboxylic acids is 4. The van der Waals surface area contributed by atoms with Crippen LogP contribution in [-0.2, 0) is 39.0 Å². The summed E-state index contributed by atoms with van der Waals surface area (Å²) in [6, 6.07) is 75.0. The lowest BCUT2D eigenvalue weighted by Gasteiger charge is -2.49. The summed E-state index contributed by atoms with van der Waals surface area (Å²) in [5, 5.41) is 12.5. The fourth-order valence-electron chi connectivity index (χ4n) is 10.1. The van der Waals surface area contributed by atoms with Gasteiger partial charge in [-0.15, -0.1) is 34.7 Å². The summed E-state index contributed by atoms with van der Waals surface area (Å²) in [4.78, 5) is 71.7. The number of rotatable bonds is 20. The molecular weight excluding hydrogens is 1070 g/mol. The number of benzene rings is 8. The number of ether oxygens (including phenoxy) is 2. The topological polar surface area (TPSA) is 149 Å². The molecular formula is C66H52ClN5O7S2. The molecule has 0 aliphatic carbocycles. The van der Waals surface area contributed by atoms with Crippen molar-refractivity contribution in [3.8, 4) is 0 Å². The zero-order valence-electron chi connectivity index (χ0n) is 43.4. The maximum absolute atomic E-state index is 15.2. The number of carbonyl (C=O) groups is 4. The fraction of sp³-hybridized carbons (Fsp3) is 0.121. The first kappa shape index (κ1) is 53.9. The molecule has 2 aliphatic rings. The second kappa shape index (κ2) is 24.9. The van der Waals surface area contributed by atoms with Crippen molar-refractivity contribution in [3.63, 3.8) is 0 Å². The van der Waals surface area contributed by atoms with Gasteiger partial charge in [0, 0.05) is 22.6 Å². The van der Waals surface area contributed by atoms with E-state index in [1.807, 2.05) is 212 Å². The predicted molar refractivity (Wildman–Crippen MR) is 316 cm³/mol. The van der Waals surface area contributed by atoms with Crippen LogP contribution in [0, 0.1) is 0 Å². The zero-order chi connectivity index (χ0) is 55.5. The smallest absolute Gasteiger partial charge is 0.356 e. The summed E-state index contributed by atoms with van der Waals surface area (Å²) in [6.07, 6.45) is -3.11. The Kier molecular flexibility index (Phi) is 16.6. The number of fused-ring (bicyclic) bond motifs is 1. The summed E-state index contributed by atoms with van der Waals surface area (Å²) in [7, 11) is 0. The Morgan fingerprint density at radius 3 is 1.47 bits per heavy atom. The van der Waals surface area contributed by atoms with E-state index in [2.05, 4.69) is 15.8 Å². The molecule has 0 saturated carbocycles. The van der Waals surface area contributed by atoms with Crippen LogP contribution >= 0.6 is 34.7 Å². The van der Waals surface area contributed by atoms with Gasteiger partial charge in [-0.2, -0.15) is 0 Å². The van der Waals surface area contributed by atoms with Crippen LogP contribution in [0.1, 0.15) is 68.5 Å². The first-order valence-electron chi connectivity index (χ1n) is 26.1. The van der Waals surface area contributed by atoms with Crippen molar-refractivity contribution < 1.29 is 33.5 Å². The molecule has 2 N–H and O–H groups in total. The molecule has 1 fully saturated rings. The van der Waals surface area contributed by atoms with Gasteiger partial charge in [-0.3, -0.25) is 14.5 Å². The number of thiazole rings is 1. The highest BCUT2D eigenvalue weighted by Gasteiger charge is 2.55. The van der Waals surface area contributed by atoms with Crippen molar-refractivity contribution in [2.75, 3.05) is 16.9 Å². The van der Waals surface area contributed by atoms with Crippen LogP contribution in [0.4, 0.5) is 5.13 Å². The Morgan fingerprint density at radius 2 is 1.02 bits per heavy atom. The number of amides is 2. The highest BCUT2D eigenvalue weighted by molar-refractivity contribution is 8.00. The van der Waals surface area contributed by atoms with Gasteiger partial charge in [0.15, 0.2) is 23.1 Å². The molecule has 8 aromatic carbocycles. The van der Waals surface area contributed by atoms with Gasteiger partial charge in [0.25, 0.3) is 11.8 Å². The number of anilines is 1. The van der Waals surface area contributed by atoms with Gasteiger partial charge in [0.1, 0.15) is 28.3 Å². The molecule has 0 radical (unpaired) electrons. The largest absolute Gasteiger partial charge is 0.449 e. The lowest BCUT2D eigenvalue weighted by atomic mass is 9.77. The summed E-state index contributed by atoms with van der Waals surface area (Å²) in [5.74, 6) is -2.67. The first-order chi connectivity index (χ1) is 39.8. The molecule has 2 amide bonds. The fourth-order valence-corrected chi connectivity index (χ4v) is 12.5. The van der Waals surface area contributed by atoms with Crippen LogP contribution in [0.3, 0.4) is 0 Å². The molecule has 402 valence electrons. The molecule has 2 aliphatic heterocycles. The van der Waals surface area contributed by atoms with Crippen LogP contribution < -0.4 is 10.6 Å². The van der Waals surface area contributed by atoms with Crippen molar-refractivity contribution in [3.05, 3.63) is 310 Å². The molecule has 1 unspecified atom stereocenters. The number of aromatic nitrogens is 1. The van der Waals surface area contributed by atoms with E-state index < -0.39 is 59.0 Å². The van der Waals surface area contributed by atoms with Gasteiger partial charge in [-0.05, 0) is 44.5 Å². The zero-order valence-corrected chi connectivity index (χ0v) is 45.8. The molecule has 81 heavy (non-hydrogen) atoms. The average Bonchev–Trinajstić information content (AvgIpc) is 4.04. The molecule has 11 rings (SSSR count). The van der Waals surface area contributed by atoms with Gasteiger partial charge in [0.05, 0.1) is 0 Å². The number of alkyl halides is 1. The lowest BCUT2D eigenvalue weighted by Crippen LogP contribution is -2.71. The summed E-state index contributed by atoms with van der Waals surface area (Å²) < 4.78 is 12.6. The van der Waals surface area contributed by atoms with E-state index >= 15 is 4.79 Å². The van der Waals surface area contributed by atoms with Crippen LogP contribution in [0.2, 0.25) is 0 Å². The molecule has 3 atom stereocenters. The van der Waals surface area contributed by atoms with E-state index in [1.165, 1.54) is 28.0 Å². The Hall–Kier alpha value is -9.08. The van der Waals surface area contributed by atoms with E-state index in [9.17, 15) is 14.4 Å². The maximum atomic E-state index is 15.2. The minimum atomic E-state index is -1.49. The van der Waals surface area contributed by atoms with E-state index in [1.54, 1.807) is 35.7 Å². The highest BCUT2D eigenvalue weighted by Crippen LogP contribution is 2.43. The molecule has 3 heterocycles. The van der Waals surface area contributed by atoms with Crippen LogP contribution in [0.5, 0.6) is 0 Å². The van der Waals surface area contributed by atoms with E-state index in [-0.39, 0.29) is 28.7 Å². The second-order valence-electron chi connectivity index (χ2n) is 19.0. The maximum Gasteiger partial charge on any atom is 0.356 e. The predicted octanol–water partition coefficient (Wildman–Crippen LogP) is 12.6. The van der Waals surface area contributed by atoms with Gasteiger partial charge >= 0.3 is 11.9 Å². The van der Waals surface area contributed by atoms with Crippen molar-refractivity contribution >= 4 is 69.3 Å². The molecule has 12 nitrogen and oxygen atoms in total. The van der Waals surface area contributed by atoms with Gasteiger partial charge in [-0.25, -0.2) is 14.6 Å². The molecule has 9 aromatic rings. The Morgan fingerprint density at radius 1 is 0.605 bits per heavy atom. The quantitative estimate of drug-likeness (QED) is 0.0189.